The van der Waals surface area contributed by atoms with Gasteiger partial charge in [-0.2, -0.15) is 0 Å². The van der Waals surface area contributed by atoms with Gasteiger partial charge in [0, 0.05) is 25.5 Å². The highest BCUT2D eigenvalue weighted by Crippen LogP contribution is 2.36. The zero-order valence-electron chi connectivity index (χ0n) is 13.4. The first-order valence-electron chi connectivity index (χ1n) is 7.28. The normalized spacial score (nSPS) is 24.3. The van der Waals surface area contributed by atoms with E-state index in [1.165, 1.54) is 0 Å². The number of rotatable bonds is 7. The number of anilines is 1. The molecule has 1 aromatic carbocycles. The Kier molecular flexibility index (Phi) is 5.31. The molecule has 2 rings (SSSR count). The van der Waals surface area contributed by atoms with E-state index >= 15 is 0 Å². The van der Waals surface area contributed by atoms with E-state index < -0.39 is 0 Å². The van der Waals surface area contributed by atoms with Crippen molar-refractivity contribution < 1.29 is 18.9 Å². The van der Waals surface area contributed by atoms with E-state index in [4.69, 9.17) is 18.9 Å². The van der Waals surface area contributed by atoms with Crippen molar-refractivity contribution >= 4 is 5.69 Å². The van der Waals surface area contributed by atoms with Crippen LogP contribution in [0.2, 0.25) is 0 Å². The minimum atomic E-state index is 0.0810. The molecule has 3 unspecified atom stereocenters. The van der Waals surface area contributed by atoms with Crippen molar-refractivity contribution in [2.75, 3.05) is 33.3 Å². The first kappa shape index (κ1) is 15.9. The zero-order chi connectivity index (χ0) is 15.4. The van der Waals surface area contributed by atoms with Gasteiger partial charge in [0.25, 0.3) is 0 Å². The first-order chi connectivity index (χ1) is 10.1. The third-order valence-electron chi connectivity index (χ3n) is 3.97. The maximum atomic E-state index is 5.65. The molecular weight excluding hydrogens is 270 g/mol. The van der Waals surface area contributed by atoms with Crippen molar-refractivity contribution in [2.45, 2.75) is 38.5 Å². The third kappa shape index (κ3) is 3.24. The van der Waals surface area contributed by atoms with E-state index in [1.54, 1.807) is 21.3 Å². The maximum Gasteiger partial charge on any atom is 0.162 e. The van der Waals surface area contributed by atoms with Crippen LogP contribution in [0.1, 0.15) is 18.9 Å². The molecule has 21 heavy (non-hydrogen) atoms. The van der Waals surface area contributed by atoms with Crippen molar-refractivity contribution in [3.63, 3.8) is 0 Å². The maximum absolute atomic E-state index is 5.65. The molecule has 0 radical (unpaired) electrons. The van der Waals surface area contributed by atoms with Gasteiger partial charge in [0.1, 0.15) is 6.10 Å². The van der Waals surface area contributed by atoms with E-state index in [0.29, 0.717) is 6.61 Å². The minimum absolute atomic E-state index is 0.0810. The molecule has 5 nitrogen and oxygen atoms in total. The first-order valence-corrected chi connectivity index (χ1v) is 7.28. The molecule has 118 valence electrons. The number of hydrogen-bond donors (Lipinski definition) is 1. The number of benzene rings is 1. The molecule has 0 bridgehead atoms. The quantitative estimate of drug-likeness (QED) is 0.838. The van der Waals surface area contributed by atoms with Crippen LogP contribution in [0, 0.1) is 6.92 Å². The number of methoxy groups -OCH3 is 3. The summed E-state index contributed by atoms with van der Waals surface area (Å²) in [6.45, 7) is 4.77. The molecule has 1 fully saturated rings. The number of hydrogen-bond acceptors (Lipinski definition) is 5. The fourth-order valence-electron chi connectivity index (χ4n) is 2.75. The Morgan fingerprint density at radius 1 is 1.14 bits per heavy atom. The Morgan fingerprint density at radius 3 is 2.38 bits per heavy atom. The highest BCUT2D eigenvalue weighted by atomic mass is 16.5. The summed E-state index contributed by atoms with van der Waals surface area (Å²) in [5.41, 5.74) is 2.15. The van der Waals surface area contributed by atoms with Gasteiger partial charge in [-0.05, 0) is 31.9 Å². The minimum Gasteiger partial charge on any atom is -0.493 e. The summed E-state index contributed by atoms with van der Waals surface area (Å²) in [6, 6.07) is 4.19. The van der Waals surface area contributed by atoms with Crippen molar-refractivity contribution in [3.05, 3.63) is 17.7 Å². The van der Waals surface area contributed by atoms with Crippen LogP contribution in [0.25, 0.3) is 0 Å². The van der Waals surface area contributed by atoms with Crippen LogP contribution in [-0.2, 0) is 9.47 Å². The summed E-state index contributed by atoms with van der Waals surface area (Å²) in [4.78, 5) is 0. The van der Waals surface area contributed by atoms with Crippen molar-refractivity contribution in [1.29, 1.82) is 0 Å². The van der Waals surface area contributed by atoms with Gasteiger partial charge < -0.3 is 24.3 Å². The summed E-state index contributed by atoms with van der Waals surface area (Å²) >= 11 is 0. The molecule has 0 amide bonds. The average molecular weight is 295 g/mol. The largest absolute Gasteiger partial charge is 0.493 e. The van der Waals surface area contributed by atoms with Crippen LogP contribution < -0.4 is 14.8 Å². The molecule has 0 heterocycles. The second-order valence-corrected chi connectivity index (χ2v) is 5.20. The Bertz CT molecular complexity index is 478. The van der Waals surface area contributed by atoms with Gasteiger partial charge in [-0.3, -0.25) is 0 Å². The Balaban J connectivity index is 2.10. The molecule has 0 spiro atoms. The van der Waals surface area contributed by atoms with Crippen LogP contribution >= 0.6 is 0 Å². The van der Waals surface area contributed by atoms with Gasteiger partial charge in [0.05, 0.1) is 26.4 Å². The lowest BCUT2D eigenvalue weighted by Gasteiger charge is -2.44. The highest BCUT2D eigenvalue weighted by Gasteiger charge is 2.42. The predicted molar refractivity (Wildman–Crippen MR) is 82.5 cm³/mol. The molecule has 1 aromatic rings. The number of aryl methyl sites for hydroxylation is 1. The van der Waals surface area contributed by atoms with Gasteiger partial charge in [0.15, 0.2) is 11.5 Å². The number of nitrogens with one attached hydrogen (secondary N) is 1. The van der Waals surface area contributed by atoms with E-state index in [-0.39, 0.29) is 18.2 Å². The van der Waals surface area contributed by atoms with Crippen LogP contribution in [0.5, 0.6) is 11.5 Å². The molecule has 3 atom stereocenters. The van der Waals surface area contributed by atoms with Crippen LogP contribution in [-0.4, -0.2) is 46.2 Å². The van der Waals surface area contributed by atoms with Crippen molar-refractivity contribution in [3.8, 4) is 11.5 Å². The van der Waals surface area contributed by atoms with E-state index in [2.05, 4.69) is 5.32 Å². The van der Waals surface area contributed by atoms with Crippen molar-refractivity contribution in [1.82, 2.24) is 0 Å². The molecule has 1 saturated carbocycles. The van der Waals surface area contributed by atoms with E-state index in [9.17, 15) is 0 Å². The molecule has 0 aliphatic heterocycles. The smallest absolute Gasteiger partial charge is 0.162 e. The summed E-state index contributed by atoms with van der Waals surface area (Å²) in [6.07, 6.45) is 1.20. The monoisotopic (exact) mass is 295 g/mol. The summed E-state index contributed by atoms with van der Waals surface area (Å²) in [7, 11) is 5.01. The fraction of sp³-hybridized carbons (Fsp3) is 0.625. The summed E-state index contributed by atoms with van der Waals surface area (Å²) in [5.74, 6) is 1.46. The molecular formula is C16H25NO4. The molecule has 5 heteroatoms. The van der Waals surface area contributed by atoms with Gasteiger partial charge in [-0.1, -0.05) is 0 Å². The van der Waals surface area contributed by atoms with Crippen LogP contribution in [0.15, 0.2) is 12.1 Å². The second-order valence-electron chi connectivity index (χ2n) is 5.20. The Hall–Kier alpha value is -1.46. The lowest BCUT2D eigenvalue weighted by molar-refractivity contribution is -0.118. The second kappa shape index (κ2) is 7.00. The predicted octanol–water partition coefficient (Wildman–Crippen LogP) is 2.62. The summed E-state index contributed by atoms with van der Waals surface area (Å²) in [5, 5.41) is 3.52. The van der Waals surface area contributed by atoms with Crippen LogP contribution in [0.4, 0.5) is 5.69 Å². The molecule has 1 aliphatic rings. The molecule has 0 saturated heterocycles. The SMILES string of the molecule is CCOC1CC(Nc2cc(OC)c(OC)cc2C)C1OC. The van der Waals surface area contributed by atoms with Gasteiger partial charge in [-0.15, -0.1) is 0 Å². The lowest BCUT2D eigenvalue weighted by atomic mass is 9.84. The fourth-order valence-corrected chi connectivity index (χ4v) is 2.75. The van der Waals surface area contributed by atoms with Crippen LogP contribution in [0.3, 0.4) is 0 Å². The topological polar surface area (TPSA) is 49.0 Å². The number of ether oxygens (including phenoxy) is 4. The molecule has 0 aromatic heterocycles. The third-order valence-corrected chi connectivity index (χ3v) is 3.97. The highest BCUT2D eigenvalue weighted by molar-refractivity contribution is 5.61. The lowest BCUT2D eigenvalue weighted by Crippen LogP contribution is -2.56. The van der Waals surface area contributed by atoms with Crippen molar-refractivity contribution in [2.24, 2.45) is 0 Å². The Morgan fingerprint density at radius 2 is 1.81 bits per heavy atom. The zero-order valence-corrected chi connectivity index (χ0v) is 13.4. The average Bonchev–Trinajstić information content (AvgIpc) is 2.47. The molecule has 1 N–H and O–H groups in total. The van der Waals surface area contributed by atoms with Gasteiger partial charge in [0.2, 0.25) is 0 Å². The molecule has 1 aliphatic carbocycles. The standard InChI is InChI=1S/C16H25NO4/c1-6-21-15-9-12(16(15)20-5)17-11-8-14(19-4)13(18-3)7-10(11)2/h7-8,12,15-17H,6,9H2,1-5H3. The Labute approximate surface area is 126 Å². The van der Waals surface area contributed by atoms with E-state index in [1.807, 2.05) is 26.0 Å². The van der Waals surface area contributed by atoms with Gasteiger partial charge >= 0.3 is 0 Å². The van der Waals surface area contributed by atoms with E-state index in [0.717, 1.165) is 29.2 Å². The van der Waals surface area contributed by atoms with Gasteiger partial charge in [-0.25, -0.2) is 0 Å². The summed E-state index contributed by atoms with van der Waals surface area (Å²) < 4.78 is 21.9.